The van der Waals surface area contributed by atoms with Crippen LogP contribution in [-0.4, -0.2) is 47.0 Å². The Hall–Kier alpha value is -2.64. The van der Waals surface area contributed by atoms with Crippen molar-refractivity contribution >= 4 is 17.6 Å². The van der Waals surface area contributed by atoms with E-state index in [-0.39, 0.29) is 17.8 Å². The zero-order valence-corrected chi connectivity index (χ0v) is 12.0. The van der Waals surface area contributed by atoms with Gasteiger partial charge < -0.3 is 14.7 Å². The average Bonchev–Trinajstić information content (AvgIpc) is 2.53. The Kier molecular flexibility index (Phi) is 4.59. The van der Waals surface area contributed by atoms with Gasteiger partial charge in [-0.2, -0.15) is 0 Å². The first-order valence-corrected chi connectivity index (χ1v) is 6.78. The van der Waals surface area contributed by atoms with Gasteiger partial charge in [0.1, 0.15) is 11.3 Å². The number of piperidine rings is 1. The monoisotopic (exact) mass is 308 g/mol. The van der Waals surface area contributed by atoms with E-state index < -0.39 is 22.7 Å². The molecular weight excluding hydrogens is 292 g/mol. The van der Waals surface area contributed by atoms with Crippen molar-refractivity contribution in [2.45, 2.75) is 12.8 Å². The molecule has 2 rings (SSSR count). The molecule has 1 atom stereocenters. The summed E-state index contributed by atoms with van der Waals surface area (Å²) in [6.45, 7) is 0.444. The lowest BCUT2D eigenvalue weighted by Gasteiger charge is -2.30. The van der Waals surface area contributed by atoms with Crippen LogP contribution in [0.4, 0.5) is 5.69 Å². The molecule has 8 heteroatoms. The molecule has 0 bridgehead atoms. The number of carbonyl (C=O) groups is 2. The maximum Gasteiger partial charge on any atom is 0.308 e. The highest BCUT2D eigenvalue weighted by molar-refractivity contribution is 5.98. The SMILES string of the molecule is COc1ccc([N+](=O)[O-])c(C(=O)N2CCCC(C(=O)O)C2)c1. The van der Waals surface area contributed by atoms with E-state index in [0.717, 1.165) is 0 Å². The molecule has 1 N–H and O–H groups in total. The van der Waals surface area contributed by atoms with Gasteiger partial charge in [-0.15, -0.1) is 0 Å². The van der Waals surface area contributed by atoms with Crippen molar-refractivity contribution in [2.24, 2.45) is 5.92 Å². The summed E-state index contributed by atoms with van der Waals surface area (Å²) in [6.07, 6.45) is 1.06. The summed E-state index contributed by atoms with van der Waals surface area (Å²) in [5.41, 5.74) is -0.404. The minimum Gasteiger partial charge on any atom is -0.497 e. The Labute approximate surface area is 126 Å². The number of rotatable bonds is 4. The number of nitrogens with zero attached hydrogens (tertiary/aromatic N) is 2. The van der Waals surface area contributed by atoms with E-state index in [2.05, 4.69) is 0 Å². The third kappa shape index (κ3) is 3.16. The van der Waals surface area contributed by atoms with Crippen molar-refractivity contribution in [3.8, 4) is 5.75 Å². The van der Waals surface area contributed by atoms with Crippen LogP contribution in [0, 0.1) is 16.0 Å². The predicted molar refractivity (Wildman–Crippen MR) is 75.9 cm³/mol. The molecule has 0 spiro atoms. The van der Waals surface area contributed by atoms with Crippen molar-refractivity contribution in [2.75, 3.05) is 20.2 Å². The first-order chi connectivity index (χ1) is 10.4. The summed E-state index contributed by atoms with van der Waals surface area (Å²) in [4.78, 5) is 35.4. The third-order valence-electron chi connectivity index (χ3n) is 3.69. The molecule has 1 aliphatic rings. The summed E-state index contributed by atoms with van der Waals surface area (Å²) >= 11 is 0. The molecule has 0 radical (unpaired) electrons. The zero-order chi connectivity index (χ0) is 16.3. The molecule has 1 heterocycles. The second kappa shape index (κ2) is 6.42. The summed E-state index contributed by atoms with van der Waals surface area (Å²) in [5, 5.41) is 20.1. The van der Waals surface area contributed by atoms with Gasteiger partial charge in [0.05, 0.1) is 18.0 Å². The molecule has 1 aromatic rings. The molecule has 1 unspecified atom stereocenters. The van der Waals surface area contributed by atoms with Gasteiger partial charge in [0.2, 0.25) is 0 Å². The van der Waals surface area contributed by atoms with Crippen LogP contribution in [0.25, 0.3) is 0 Å². The summed E-state index contributed by atoms with van der Waals surface area (Å²) in [5.74, 6) is -1.81. The Balaban J connectivity index is 2.31. The van der Waals surface area contributed by atoms with Crippen LogP contribution >= 0.6 is 0 Å². The normalized spacial score (nSPS) is 17.9. The van der Waals surface area contributed by atoms with Crippen LogP contribution < -0.4 is 4.74 Å². The molecule has 1 aliphatic heterocycles. The van der Waals surface area contributed by atoms with Crippen molar-refractivity contribution in [1.82, 2.24) is 4.90 Å². The number of amides is 1. The summed E-state index contributed by atoms with van der Waals surface area (Å²) < 4.78 is 5.00. The molecule has 1 saturated heterocycles. The molecule has 118 valence electrons. The maximum atomic E-state index is 12.5. The molecule has 1 aromatic carbocycles. The molecular formula is C14H16N2O6. The number of nitro benzene ring substituents is 1. The van der Waals surface area contributed by atoms with E-state index >= 15 is 0 Å². The van der Waals surface area contributed by atoms with E-state index in [1.54, 1.807) is 0 Å². The van der Waals surface area contributed by atoms with Crippen LogP contribution in [0.2, 0.25) is 0 Å². The number of hydrogen-bond acceptors (Lipinski definition) is 5. The molecule has 8 nitrogen and oxygen atoms in total. The number of ether oxygens (including phenoxy) is 1. The standard InChI is InChI=1S/C14H16N2O6/c1-22-10-4-5-12(16(20)21)11(7-10)13(17)15-6-2-3-9(8-15)14(18)19/h4-5,7,9H,2-3,6,8H2,1H3,(H,18,19). The number of aliphatic carboxylic acids is 1. The van der Waals surface area contributed by atoms with Crippen molar-refractivity contribution < 1.29 is 24.4 Å². The lowest BCUT2D eigenvalue weighted by Crippen LogP contribution is -2.42. The summed E-state index contributed by atoms with van der Waals surface area (Å²) in [7, 11) is 1.40. The van der Waals surface area contributed by atoms with Gasteiger partial charge in [-0.1, -0.05) is 0 Å². The van der Waals surface area contributed by atoms with Crippen molar-refractivity contribution in [1.29, 1.82) is 0 Å². The molecule has 0 aliphatic carbocycles. The van der Waals surface area contributed by atoms with E-state index in [4.69, 9.17) is 9.84 Å². The van der Waals surface area contributed by atoms with Gasteiger partial charge in [-0.25, -0.2) is 0 Å². The van der Waals surface area contributed by atoms with Crippen LogP contribution in [0.3, 0.4) is 0 Å². The molecule has 1 amide bonds. The topological polar surface area (TPSA) is 110 Å². The van der Waals surface area contributed by atoms with Crippen molar-refractivity contribution in [3.63, 3.8) is 0 Å². The van der Waals surface area contributed by atoms with E-state index in [9.17, 15) is 19.7 Å². The number of hydrogen-bond donors (Lipinski definition) is 1. The highest BCUT2D eigenvalue weighted by Crippen LogP contribution is 2.27. The number of carboxylic acids is 1. The van der Waals surface area contributed by atoms with Gasteiger partial charge in [0.15, 0.2) is 0 Å². The second-order valence-corrected chi connectivity index (χ2v) is 5.07. The molecule has 0 saturated carbocycles. The van der Waals surface area contributed by atoms with E-state index in [1.165, 1.54) is 30.2 Å². The van der Waals surface area contributed by atoms with Gasteiger partial charge in [0.25, 0.3) is 11.6 Å². The molecule has 0 aromatic heterocycles. The van der Waals surface area contributed by atoms with Crippen LogP contribution in [-0.2, 0) is 4.79 Å². The fourth-order valence-corrected chi connectivity index (χ4v) is 2.51. The van der Waals surface area contributed by atoms with Crippen LogP contribution in [0.15, 0.2) is 18.2 Å². The van der Waals surface area contributed by atoms with E-state index in [1.807, 2.05) is 0 Å². The smallest absolute Gasteiger partial charge is 0.308 e. The Morgan fingerprint density at radius 3 is 2.77 bits per heavy atom. The quantitative estimate of drug-likeness (QED) is 0.667. The fraction of sp³-hybridized carbons (Fsp3) is 0.429. The largest absolute Gasteiger partial charge is 0.497 e. The first-order valence-electron chi connectivity index (χ1n) is 6.78. The van der Waals surface area contributed by atoms with Crippen LogP contribution in [0.5, 0.6) is 5.75 Å². The lowest BCUT2D eigenvalue weighted by atomic mass is 9.97. The zero-order valence-electron chi connectivity index (χ0n) is 12.0. The van der Waals surface area contributed by atoms with Gasteiger partial charge in [-0.3, -0.25) is 19.7 Å². The Bertz CT molecular complexity index is 615. The third-order valence-corrected chi connectivity index (χ3v) is 3.69. The van der Waals surface area contributed by atoms with Gasteiger partial charge in [0, 0.05) is 19.2 Å². The fourth-order valence-electron chi connectivity index (χ4n) is 2.51. The number of methoxy groups -OCH3 is 1. The second-order valence-electron chi connectivity index (χ2n) is 5.07. The number of benzene rings is 1. The minimum atomic E-state index is -0.961. The molecule has 1 fully saturated rings. The van der Waals surface area contributed by atoms with E-state index in [0.29, 0.717) is 25.1 Å². The van der Waals surface area contributed by atoms with Gasteiger partial charge in [-0.05, 0) is 25.0 Å². The first kappa shape index (κ1) is 15.7. The highest BCUT2D eigenvalue weighted by atomic mass is 16.6. The van der Waals surface area contributed by atoms with Crippen LogP contribution in [0.1, 0.15) is 23.2 Å². The summed E-state index contributed by atoms with van der Waals surface area (Å²) in [6, 6.07) is 3.93. The Morgan fingerprint density at radius 2 is 2.18 bits per heavy atom. The lowest BCUT2D eigenvalue weighted by molar-refractivity contribution is -0.385. The highest BCUT2D eigenvalue weighted by Gasteiger charge is 2.31. The average molecular weight is 308 g/mol. The number of likely N-dealkylation sites (tertiary alicyclic amines) is 1. The number of carbonyl (C=O) groups excluding carboxylic acids is 1. The number of nitro groups is 1. The predicted octanol–water partition coefficient (Wildman–Crippen LogP) is 1.54. The van der Waals surface area contributed by atoms with Gasteiger partial charge >= 0.3 is 5.97 Å². The minimum absolute atomic E-state index is 0.0581. The molecule has 22 heavy (non-hydrogen) atoms. The van der Waals surface area contributed by atoms with Crippen molar-refractivity contribution in [3.05, 3.63) is 33.9 Å². The number of carboxylic acid groups (broad SMARTS) is 1. The Morgan fingerprint density at radius 1 is 1.45 bits per heavy atom. The maximum absolute atomic E-state index is 12.5.